The van der Waals surface area contributed by atoms with E-state index in [1.807, 2.05) is 0 Å². The number of hydrogen-bond acceptors (Lipinski definition) is 3. The topological polar surface area (TPSA) is 18.5 Å². The van der Waals surface area contributed by atoms with E-state index in [1.165, 1.54) is 76.2 Å². The van der Waals surface area contributed by atoms with Crippen LogP contribution in [0.5, 0.6) is 0 Å². The zero-order chi connectivity index (χ0) is 14.1. The molecule has 1 aromatic rings. The Balaban J connectivity index is 1.32. The third kappa shape index (κ3) is 2.82. The van der Waals surface area contributed by atoms with Crippen LogP contribution >= 0.6 is 0 Å². The molecule has 3 nitrogen and oxygen atoms in total. The first kappa shape index (κ1) is 13.6. The van der Waals surface area contributed by atoms with Gasteiger partial charge in [-0.05, 0) is 61.9 Å². The van der Waals surface area contributed by atoms with E-state index in [1.54, 1.807) is 0 Å². The number of anilines is 1. The van der Waals surface area contributed by atoms with Crippen LogP contribution in [0.1, 0.15) is 31.2 Å². The zero-order valence-corrected chi connectivity index (χ0v) is 13.0. The summed E-state index contributed by atoms with van der Waals surface area (Å²) in [6, 6.07) is 9.32. The molecule has 0 saturated carbocycles. The fourth-order valence-corrected chi connectivity index (χ4v) is 4.06. The molecule has 1 N–H and O–H groups in total. The molecule has 3 fully saturated rings. The van der Waals surface area contributed by atoms with E-state index < -0.39 is 0 Å². The maximum Gasteiger partial charge on any atom is 0.0366 e. The minimum Gasteiger partial charge on any atom is -0.372 e. The van der Waals surface area contributed by atoms with Gasteiger partial charge in [-0.2, -0.15) is 0 Å². The van der Waals surface area contributed by atoms with Crippen molar-refractivity contribution in [3.63, 3.8) is 0 Å². The highest BCUT2D eigenvalue weighted by Gasteiger charge is 2.39. The van der Waals surface area contributed by atoms with Crippen molar-refractivity contribution < 1.29 is 0 Å². The van der Waals surface area contributed by atoms with Gasteiger partial charge in [-0.1, -0.05) is 12.1 Å². The van der Waals surface area contributed by atoms with Crippen LogP contribution in [-0.2, 0) is 6.54 Å². The van der Waals surface area contributed by atoms with Gasteiger partial charge in [0.15, 0.2) is 0 Å². The van der Waals surface area contributed by atoms with E-state index in [-0.39, 0.29) is 0 Å². The Bertz CT molecular complexity index is 462. The highest BCUT2D eigenvalue weighted by Crippen LogP contribution is 2.35. The average molecular weight is 285 g/mol. The van der Waals surface area contributed by atoms with Crippen molar-refractivity contribution in [3.05, 3.63) is 29.8 Å². The van der Waals surface area contributed by atoms with Gasteiger partial charge in [0.1, 0.15) is 0 Å². The van der Waals surface area contributed by atoms with Crippen LogP contribution in [0.2, 0.25) is 0 Å². The number of piperidine rings is 1. The number of likely N-dealkylation sites (tertiary alicyclic amines) is 1. The lowest BCUT2D eigenvalue weighted by Gasteiger charge is -2.48. The summed E-state index contributed by atoms with van der Waals surface area (Å²) in [5.41, 5.74) is 3.55. The van der Waals surface area contributed by atoms with Crippen LogP contribution < -0.4 is 10.2 Å². The van der Waals surface area contributed by atoms with Gasteiger partial charge in [0.2, 0.25) is 0 Å². The molecule has 21 heavy (non-hydrogen) atoms. The fraction of sp³-hybridized carbons (Fsp3) is 0.667. The molecule has 0 aromatic heterocycles. The van der Waals surface area contributed by atoms with Crippen molar-refractivity contribution in [2.24, 2.45) is 5.41 Å². The smallest absolute Gasteiger partial charge is 0.0366 e. The summed E-state index contributed by atoms with van der Waals surface area (Å²) in [7, 11) is 0. The lowest BCUT2D eigenvalue weighted by atomic mass is 9.73. The Hall–Kier alpha value is -1.06. The predicted octanol–water partition coefficient (Wildman–Crippen LogP) is 2.47. The molecule has 0 aliphatic carbocycles. The largest absolute Gasteiger partial charge is 0.372 e. The number of rotatable bonds is 3. The summed E-state index contributed by atoms with van der Waals surface area (Å²) in [6.45, 7) is 8.66. The summed E-state index contributed by atoms with van der Waals surface area (Å²) in [5.74, 6) is 0. The van der Waals surface area contributed by atoms with Crippen molar-refractivity contribution in [2.75, 3.05) is 44.2 Å². The molecule has 114 valence electrons. The van der Waals surface area contributed by atoms with Crippen molar-refractivity contribution >= 4 is 5.69 Å². The first-order chi connectivity index (χ1) is 10.3. The first-order valence-corrected chi connectivity index (χ1v) is 8.60. The first-order valence-electron chi connectivity index (χ1n) is 8.60. The van der Waals surface area contributed by atoms with E-state index in [0.29, 0.717) is 5.41 Å². The predicted molar refractivity (Wildman–Crippen MR) is 87.7 cm³/mol. The van der Waals surface area contributed by atoms with Gasteiger partial charge in [-0.15, -0.1) is 0 Å². The Labute approximate surface area is 128 Å². The average Bonchev–Trinajstić information content (AvgIpc) is 3.02. The van der Waals surface area contributed by atoms with E-state index in [2.05, 4.69) is 39.4 Å². The van der Waals surface area contributed by atoms with Crippen LogP contribution in [0.4, 0.5) is 5.69 Å². The second-order valence-electron chi connectivity index (χ2n) is 7.24. The molecule has 1 aromatic carbocycles. The van der Waals surface area contributed by atoms with Gasteiger partial charge < -0.3 is 10.2 Å². The molecule has 3 saturated heterocycles. The highest BCUT2D eigenvalue weighted by molar-refractivity contribution is 5.48. The molecule has 0 bridgehead atoms. The second kappa shape index (κ2) is 5.62. The van der Waals surface area contributed by atoms with Gasteiger partial charge >= 0.3 is 0 Å². The number of nitrogens with zero attached hydrogens (tertiary/aromatic N) is 2. The zero-order valence-electron chi connectivity index (χ0n) is 13.0. The Morgan fingerprint density at radius 1 is 0.905 bits per heavy atom. The standard InChI is InChI=1S/C18H27N3/c1-2-10-21(9-1)17-5-3-16(4-6-17)13-20-11-7-18(8-12-20)14-19-15-18/h3-6,19H,1-2,7-15H2. The van der Waals surface area contributed by atoms with Gasteiger partial charge in [-0.25, -0.2) is 0 Å². The van der Waals surface area contributed by atoms with Crippen molar-refractivity contribution in [1.29, 1.82) is 0 Å². The van der Waals surface area contributed by atoms with E-state index in [0.717, 1.165) is 6.54 Å². The van der Waals surface area contributed by atoms with Gasteiger partial charge in [-0.3, -0.25) is 4.90 Å². The maximum absolute atomic E-state index is 3.45. The third-order valence-electron chi connectivity index (χ3n) is 5.73. The molecule has 3 heteroatoms. The summed E-state index contributed by atoms with van der Waals surface area (Å²) in [4.78, 5) is 5.15. The van der Waals surface area contributed by atoms with Gasteiger partial charge in [0.05, 0.1) is 0 Å². The lowest BCUT2D eigenvalue weighted by Crippen LogP contribution is -2.58. The maximum atomic E-state index is 3.45. The third-order valence-corrected chi connectivity index (χ3v) is 5.73. The molecule has 0 atom stereocenters. The molecule has 0 amide bonds. The van der Waals surface area contributed by atoms with Crippen LogP contribution in [0.25, 0.3) is 0 Å². The second-order valence-corrected chi connectivity index (χ2v) is 7.24. The summed E-state index contributed by atoms with van der Waals surface area (Å²) in [5, 5.41) is 3.45. The molecule has 0 radical (unpaired) electrons. The SMILES string of the molecule is c1cc(N2CCCC2)ccc1CN1CCC2(CC1)CNC2. The van der Waals surface area contributed by atoms with Crippen LogP contribution in [-0.4, -0.2) is 44.2 Å². The molecule has 3 heterocycles. The highest BCUT2D eigenvalue weighted by atomic mass is 15.2. The Kier molecular flexibility index (Phi) is 3.64. The molecule has 3 aliphatic heterocycles. The van der Waals surface area contributed by atoms with E-state index >= 15 is 0 Å². The number of nitrogens with one attached hydrogen (secondary N) is 1. The summed E-state index contributed by atoms with van der Waals surface area (Å²) >= 11 is 0. The minimum atomic E-state index is 0.663. The quantitative estimate of drug-likeness (QED) is 0.920. The summed E-state index contributed by atoms with van der Waals surface area (Å²) in [6.07, 6.45) is 5.47. The van der Waals surface area contributed by atoms with Crippen LogP contribution in [0.15, 0.2) is 24.3 Å². The number of hydrogen-bond donors (Lipinski definition) is 1. The van der Waals surface area contributed by atoms with Gasteiger partial charge in [0, 0.05) is 38.4 Å². The fourth-order valence-electron chi connectivity index (χ4n) is 4.06. The van der Waals surface area contributed by atoms with E-state index in [4.69, 9.17) is 0 Å². The Morgan fingerprint density at radius 2 is 1.57 bits per heavy atom. The molecule has 3 aliphatic rings. The molecular weight excluding hydrogens is 258 g/mol. The number of benzene rings is 1. The van der Waals surface area contributed by atoms with E-state index in [9.17, 15) is 0 Å². The monoisotopic (exact) mass is 285 g/mol. The molecule has 0 unspecified atom stereocenters. The summed E-state index contributed by atoms with van der Waals surface area (Å²) < 4.78 is 0. The van der Waals surface area contributed by atoms with Crippen molar-refractivity contribution in [3.8, 4) is 0 Å². The van der Waals surface area contributed by atoms with Crippen molar-refractivity contribution in [1.82, 2.24) is 10.2 Å². The van der Waals surface area contributed by atoms with Crippen molar-refractivity contribution in [2.45, 2.75) is 32.2 Å². The Morgan fingerprint density at radius 3 is 2.14 bits per heavy atom. The molecule has 1 spiro atoms. The lowest BCUT2D eigenvalue weighted by molar-refractivity contribution is 0.0520. The normalized spacial score (nSPS) is 25.2. The van der Waals surface area contributed by atoms with Crippen LogP contribution in [0.3, 0.4) is 0 Å². The van der Waals surface area contributed by atoms with Gasteiger partial charge in [0.25, 0.3) is 0 Å². The van der Waals surface area contributed by atoms with Crippen LogP contribution in [0, 0.1) is 5.41 Å². The minimum absolute atomic E-state index is 0.663. The molecular formula is C18H27N3. The molecule has 4 rings (SSSR count).